The molecule has 0 amide bonds. The molecule has 0 heterocycles. The van der Waals surface area contributed by atoms with E-state index in [1.54, 1.807) is 6.07 Å². The smallest absolute Gasteiger partial charge is 0.129 e. The molecule has 15 heavy (non-hydrogen) atoms. The van der Waals surface area contributed by atoms with Gasteiger partial charge in [-0.2, -0.15) is 0 Å². The third-order valence-electron chi connectivity index (χ3n) is 2.37. The van der Waals surface area contributed by atoms with Gasteiger partial charge in [-0.3, -0.25) is 0 Å². The van der Waals surface area contributed by atoms with E-state index in [0.717, 1.165) is 24.8 Å². The summed E-state index contributed by atoms with van der Waals surface area (Å²) in [5, 5.41) is 9.34. The third-order valence-corrected chi connectivity index (χ3v) is 3.00. The van der Waals surface area contributed by atoms with Gasteiger partial charge in [0, 0.05) is 6.04 Å². The van der Waals surface area contributed by atoms with Crippen LogP contribution in [0.15, 0.2) is 22.7 Å². The van der Waals surface area contributed by atoms with Crippen molar-refractivity contribution >= 4 is 15.9 Å². The summed E-state index contributed by atoms with van der Waals surface area (Å²) in [5.41, 5.74) is 12.5. The highest BCUT2D eigenvalue weighted by Crippen LogP contribution is 2.27. The van der Waals surface area contributed by atoms with E-state index in [0.29, 0.717) is 11.0 Å². The average Bonchev–Trinajstić information content (AvgIpc) is 2.22. The Labute approximate surface area is 98.6 Å². The fourth-order valence-electron chi connectivity index (χ4n) is 1.43. The van der Waals surface area contributed by atoms with Gasteiger partial charge in [0.25, 0.3) is 0 Å². The lowest BCUT2D eigenvalue weighted by atomic mass is 10.0. The molecule has 1 rings (SSSR count). The van der Waals surface area contributed by atoms with Gasteiger partial charge < -0.3 is 16.6 Å². The predicted molar refractivity (Wildman–Crippen MR) is 65.6 cm³/mol. The SMILES string of the molecule is NCCCC[C@@H](N)c1ccc(O)c(Br)c1. The van der Waals surface area contributed by atoms with Crippen LogP contribution in [-0.2, 0) is 0 Å². The van der Waals surface area contributed by atoms with Gasteiger partial charge in [-0.1, -0.05) is 12.5 Å². The number of phenols is 1. The van der Waals surface area contributed by atoms with Gasteiger partial charge in [0.2, 0.25) is 0 Å². The summed E-state index contributed by atoms with van der Waals surface area (Å²) in [6.07, 6.45) is 2.97. The van der Waals surface area contributed by atoms with Gasteiger partial charge in [0.15, 0.2) is 0 Å². The Kier molecular flexibility index (Phi) is 5.08. The molecule has 0 aromatic heterocycles. The van der Waals surface area contributed by atoms with Gasteiger partial charge in [-0.15, -0.1) is 0 Å². The van der Waals surface area contributed by atoms with Crippen molar-refractivity contribution in [1.29, 1.82) is 0 Å². The molecule has 84 valence electrons. The minimum Gasteiger partial charge on any atom is -0.507 e. The summed E-state index contributed by atoms with van der Waals surface area (Å²) in [6, 6.07) is 5.39. The Morgan fingerprint density at radius 1 is 1.33 bits per heavy atom. The average molecular weight is 273 g/mol. The van der Waals surface area contributed by atoms with Crippen molar-refractivity contribution in [3.05, 3.63) is 28.2 Å². The van der Waals surface area contributed by atoms with E-state index < -0.39 is 0 Å². The molecule has 4 heteroatoms. The molecule has 0 spiro atoms. The van der Waals surface area contributed by atoms with Crippen LogP contribution in [0.3, 0.4) is 0 Å². The second-order valence-corrected chi connectivity index (χ2v) is 4.46. The first-order chi connectivity index (χ1) is 7.15. The molecule has 0 aliphatic carbocycles. The number of nitrogens with two attached hydrogens (primary N) is 2. The zero-order valence-corrected chi connectivity index (χ0v) is 10.2. The lowest BCUT2D eigenvalue weighted by Crippen LogP contribution is -2.11. The second kappa shape index (κ2) is 6.10. The van der Waals surface area contributed by atoms with Crippen LogP contribution < -0.4 is 11.5 Å². The Morgan fingerprint density at radius 2 is 2.07 bits per heavy atom. The number of hydrogen-bond donors (Lipinski definition) is 3. The van der Waals surface area contributed by atoms with Crippen LogP contribution in [0.25, 0.3) is 0 Å². The number of phenolic OH excluding ortho intramolecular Hbond substituents is 1. The normalized spacial score (nSPS) is 12.7. The zero-order chi connectivity index (χ0) is 11.3. The minimum atomic E-state index is 0.0217. The molecular formula is C11H17BrN2O. The number of aromatic hydroxyl groups is 1. The molecule has 1 aromatic rings. The summed E-state index contributed by atoms with van der Waals surface area (Å²) in [7, 11) is 0. The summed E-state index contributed by atoms with van der Waals surface area (Å²) in [5.74, 6) is 0.243. The number of unbranched alkanes of at least 4 members (excludes halogenated alkanes) is 1. The molecule has 0 saturated heterocycles. The summed E-state index contributed by atoms with van der Waals surface area (Å²) < 4.78 is 0.689. The highest BCUT2D eigenvalue weighted by molar-refractivity contribution is 9.10. The van der Waals surface area contributed by atoms with Gasteiger partial charge in [-0.25, -0.2) is 0 Å². The molecule has 0 bridgehead atoms. The van der Waals surface area contributed by atoms with E-state index in [1.165, 1.54) is 0 Å². The van der Waals surface area contributed by atoms with Crippen LogP contribution in [0.2, 0.25) is 0 Å². The lowest BCUT2D eigenvalue weighted by Gasteiger charge is -2.12. The standard InChI is InChI=1S/C11H17BrN2O/c12-9-7-8(4-5-11(9)15)10(14)3-1-2-6-13/h4-5,7,10,15H,1-3,6,13-14H2/t10-/m1/s1. The fourth-order valence-corrected chi connectivity index (χ4v) is 1.83. The molecule has 0 fully saturated rings. The third kappa shape index (κ3) is 3.81. The maximum absolute atomic E-state index is 9.34. The summed E-state index contributed by atoms with van der Waals surface area (Å²) in [4.78, 5) is 0. The van der Waals surface area contributed by atoms with Gasteiger partial charge >= 0.3 is 0 Å². The molecule has 0 radical (unpaired) electrons. The van der Waals surface area contributed by atoms with Gasteiger partial charge in [-0.05, 0) is 53.0 Å². The molecule has 1 aromatic carbocycles. The largest absolute Gasteiger partial charge is 0.507 e. The molecule has 1 atom stereocenters. The molecule has 0 saturated carbocycles. The first-order valence-electron chi connectivity index (χ1n) is 5.09. The number of rotatable bonds is 5. The first-order valence-corrected chi connectivity index (χ1v) is 5.88. The van der Waals surface area contributed by atoms with Crippen LogP contribution in [0.4, 0.5) is 0 Å². The van der Waals surface area contributed by atoms with E-state index in [-0.39, 0.29) is 11.8 Å². The van der Waals surface area contributed by atoms with E-state index in [9.17, 15) is 5.11 Å². The van der Waals surface area contributed by atoms with Crippen molar-refractivity contribution in [1.82, 2.24) is 0 Å². The highest BCUT2D eigenvalue weighted by atomic mass is 79.9. The summed E-state index contributed by atoms with van der Waals surface area (Å²) >= 11 is 3.27. The topological polar surface area (TPSA) is 72.3 Å². The molecule has 0 unspecified atom stereocenters. The first kappa shape index (κ1) is 12.5. The Bertz CT molecular complexity index is 317. The van der Waals surface area contributed by atoms with Crippen molar-refractivity contribution in [3.8, 4) is 5.75 Å². The van der Waals surface area contributed by atoms with Crippen molar-refractivity contribution in [2.24, 2.45) is 11.5 Å². The monoisotopic (exact) mass is 272 g/mol. The maximum atomic E-state index is 9.34. The fraction of sp³-hybridized carbons (Fsp3) is 0.455. The Hall–Kier alpha value is -0.580. The van der Waals surface area contributed by atoms with Gasteiger partial charge in [0.05, 0.1) is 4.47 Å². The minimum absolute atomic E-state index is 0.0217. The van der Waals surface area contributed by atoms with Gasteiger partial charge in [0.1, 0.15) is 5.75 Å². The van der Waals surface area contributed by atoms with Crippen molar-refractivity contribution in [2.45, 2.75) is 25.3 Å². The second-order valence-electron chi connectivity index (χ2n) is 3.60. The van der Waals surface area contributed by atoms with Crippen LogP contribution in [0.1, 0.15) is 30.9 Å². The van der Waals surface area contributed by atoms with Crippen molar-refractivity contribution in [2.75, 3.05) is 6.54 Å². The Morgan fingerprint density at radius 3 is 2.67 bits per heavy atom. The van der Waals surface area contributed by atoms with Crippen LogP contribution >= 0.6 is 15.9 Å². The maximum Gasteiger partial charge on any atom is 0.129 e. The van der Waals surface area contributed by atoms with Crippen LogP contribution in [0.5, 0.6) is 5.75 Å². The molecular weight excluding hydrogens is 256 g/mol. The molecule has 5 N–H and O–H groups in total. The number of halogens is 1. The summed E-state index contributed by atoms with van der Waals surface area (Å²) in [6.45, 7) is 0.714. The van der Waals surface area contributed by atoms with E-state index >= 15 is 0 Å². The Balaban J connectivity index is 2.57. The molecule has 0 aliphatic heterocycles. The van der Waals surface area contributed by atoms with Crippen molar-refractivity contribution < 1.29 is 5.11 Å². The number of benzene rings is 1. The van der Waals surface area contributed by atoms with Crippen molar-refractivity contribution in [3.63, 3.8) is 0 Å². The molecule has 3 nitrogen and oxygen atoms in total. The van der Waals surface area contributed by atoms with E-state index in [2.05, 4.69) is 15.9 Å². The highest BCUT2D eigenvalue weighted by Gasteiger charge is 2.07. The van der Waals surface area contributed by atoms with Crippen LogP contribution in [-0.4, -0.2) is 11.7 Å². The predicted octanol–water partition coefficient (Wildman–Crippen LogP) is 2.28. The quantitative estimate of drug-likeness (QED) is 0.721. The van der Waals surface area contributed by atoms with E-state index in [1.807, 2.05) is 12.1 Å². The van der Waals surface area contributed by atoms with Crippen LogP contribution in [0, 0.1) is 0 Å². The number of hydrogen-bond acceptors (Lipinski definition) is 3. The van der Waals surface area contributed by atoms with E-state index in [4.69, 9.17) is 11.5 Å². The zero-order valence-electron chi connectivity index (χ0n) is 8.62. The molecule has 0 aliphatic rings. The lowest BCUT2D eigenvalue weighted by molar-refractivity contribution is 0.471.